The number of aromatic nitrogens is 2. The molecule has 1 aromatic carbocycles. The molecule has 0 radical (unpaired) electrons. The summed E-state index contributed by atoms with van der Waals surface area (Å²) in [5.41, 5.74) is 3.62. The van der Waals surface area contributed by atoms with E-state index in [4.69, 9.17) is 5.11 Å². The van der Waals surface area contributed by atoms with Crippen LogP contribution in [0.5, 0.6) is 0 Å². The predicted molar refractivity (Wildman–Crippen MR) is 74.5 cm³/mol. The summed E-state index contributed by atoms with van der Waals surface area (Å²) >= 11 is 1.49. The maximum absolute atomic E-state index is 10.8. The first-order chi connectivity index (χ1) is 9.04. The van der Waals surface area contributed by atoms with Gasteiger partial charge in [-0.2, -0.15) is 0 Å². The number of aromatic carboxylic acids is 1. The summed E-state index contributed by atoms with van der Waals surface area (Å²) in [5, 5.41) is 9.48. The van der Waals surface area contributed by atoms with E-state index in [1.165, 1.54) is 34.6 Å². The van der Waals surface area contributed by atoms with Crippen molar-refractivity contribution >= 4 is 17.7 Å². The normalized spacial score (nSPS) is 10.4. The lowest BCUT2D eigenvalue weighted by atomic mass is 10.1. The number of carboxylic acids is 1. The lowest BCUT2D eigenvalue weighted by molar-refractivity contribution is 0.0689. The van der Waals surface area contributed by atoms with E-state index in [0.29, 0.717) is 5.03 Å². The van der Waals surface area contributed by atoms with Crippen LogP contribution in [0.2, 0.25) is 0 Å². The molecule has 2 rings (SSSR count). The first-order valence-electron chi connectivity index (χ1n) is 5.80. The zero-order valence-corrected chi connectivity index (χ0v) is 11.6. The van der Waals surface area contributed by atoms with Crippen molar-refractivity contribution < 1.29 is 9.90 Å². The van der Waals surface area contributed by atoms with Crippen molar-refractivity contribution in [2.45, 2.75) is 24.6 Å². The second-order valence-electron chi connectivity index (χ2n) is 4.33. The highest BCUT2D eigenvalue weighted by molar-refractivity contribution is 7.98. The Morgan fingerprint density at radius 2 is 1.89 bits per heavy atom. The van der Waals surface area contributed by atoms with Crippen LogP contribution in [0.4, 0.5) is 0 Å². The van der Waals surface area contributed by atoms with Gasteiger partial charge in [-0.1, -0.05) is 29.3 Å². The molecule has 1 N–H and O–H groups in total. The molecule has 1 heterocycles. The highest BCUT2D eigenvalue weighted by Gasteiger charge is 2.07. The number of aryl methyl sites for hydroxylation is 2. The topological polar surface area (TPSA) is 63.1 Å². The maximum atomic E-state index is 10.8. The van der Waals surface area contributed by atoms with Crippen LogP contribution in [0.25, 0.3) is 0 Å². The Morgan fingerprint density at radius 1 is 1.21 bits per heavy atom. The van der Waals surface area contributed by atoms with E-state index in [1.54, 1.807) is 6.20 Å². The molecule has 0 aliphatic carbocycles. The number of nitrogens with zero attached hydrogens (tertiary/aromatic N) is 2. The first-order valence-corrected chi connectivity index (χ1v) is 6.78. The zero-order valence-electron chi connectivity index (χ0n) is 10.8. The molecule has 5 heteroatoms. The fraction of sp³-hybridized carbons (Fsp3) is 0.214. The van der Waals surface area contributed by atoms with Gasteiger partial charge in [-0.15, -0.1) is 11.8 Å². The molecule has 4 nitrogen and oxygen atoms in total. The van der Waals surface area contributed by atoms with Crippen LogP contribution in [-0.4, -0.2) is 21.0 Å². The molecule has 0 spiro atoms. The third-order valence-electron chi connectivity index (χ3n) is 2.50. The highest BCUT2D eigenvalue weighted by Crippen LogP contribution is 2.21. The second-order valence-corrected chi connectivity index (χ2v) is 5.33. The van der Waals surface area contributed by atoms with E-state index < -0.39 is 5.97 Å². The lowest BCUT2D eigenvalue weighted by Gasteiger charge is -2.05. The number of carboxylic acid groups (broad SMARTS) is 1. The molecule has 1 aromatic heterocycles. The minimum atomic E-state index is -1.05. The van der Waals surface area contributed by atoms with Crippen molar-refractivity contribution in [2.75, 3.05) is 0 Å². The largest absolute Gasteiger partial charge is 0.476 e. The van der Waals surface area contributed by atoms with Crippen LogP contribution in [0.1, 0.15) is 27.2 Å². The van der Waals surface area contributed by atoms with E-state index in [0.717, 1.165) is 5.75 Å². The van der Waals surface area contributed by atoms with Crippen molar-refractivity contribution in [1.82, 2.24) is 9.97 Å². The number of benzene rings is 1. The summed E-state index contributed by atoms with van der Waals surface area (Å²) in [4.78, 5) is 18.7. The molecule has 0 amide bonds. The summed E-state index contributed by atoms with van der Waals surface area (Å²) in [6, 6.07) is 6.36. The van der Waals surface area contributed by atoms with E-state index in [2.05, 4.69) is 42.0 Å². The van der Waals surface area contributed by atoms with Crippen molar-refractivity contribution in [3.63, 3.8) is 0 Å². The summed E-state index contributed by atoms with van der Waals surface area (Å²) < 4.78 is 0. The average Bonchev–Trinajstić information content (AvgIpc) is 2.35. The maximum Gasteiger partial charge on any atom is 0.356 e. The summed E-state index contributed by atoms with van der Waals surface area (Å²) in [5.74, 6) is -0.304. The Bertz CT molecular complexity index is 594. The van der Waals surface area contributed by atoms with E-state index in [-0.39, 0.29) is 5.69 Å². The smallest absolute Gasteiger partial charge is 0.356 e. The Morgan fingerprint density at radius 3 is 2.53 bits per heavy atom. The standard InChI is InChI=1S/C14H14N2O2S/c1-9-3-10(2)5-11(4-9)8-19-13-7-15-6-12(16-13)14(17)18/h3-7H,8H2,1-2H3,(H,17,18). The van der Waals surface area contributed by atoms with Gasteiger partial charge in [0.05, 0.1) is 12.4 Å². The van der Waals surface area contributed by atoms with Crippen molar-refractivity contribution in [2.24, 2.45) is 0 Å². The summed E-state index contributed by atoms with van der Waals surface area (Å²) in [6.07, 6.45) is 2.84. The molecule has 0 unspecified atom stereocenters. The van der Waals surface area contributed by atoms with Gasteiger partial charge in [-0.3, -0.25) is 4.98 Å². The molecule has 19 heavy (non-hydrogen) atoms. The molecule has 98 valence electrons. The van der Waals surface area contributed by atoms with Crippen molar-refractivity contribution in [3.05, 3.63) is 53.0 Å². The van der Waals surface area contributed by atoms with Crippen LogP contribution >= 0.6 is 11.8 Å². The number of rotatable bonds is 4. The van der Waals surface area contributed by atoms with Crippen LogP contribution < -0.4 is 0 Å². The van der Waals surface area contributed by atoms with E-state index in [9.17, 15) is 4.79 Å². The van der Waals surface area contributed by atoms with Gasteiger partial charge >= 0.3 is 5.97 Å². The lowest BCUT2D eigenvalue weighted by Crippen LogP contribution is -2.01. The Kier molecular flexibility index (Phi) is 4.16. The molecular formula is C14H14N2O2S. The SMILES string of the molecule is Cc1cc(C)cc(CSc2cncc(C(=O)O)n2)c1. The third-order valence-corrected chi connectivity index (χ3v) is 3.47. The molecule has 0 saturated heterocycles. The molecule has 0 fully saturated rings. The monoisotopic (exact) mass is 274 g/mol. The Labute approximate surface area is 115 Å². The molecular weight excluding hydrogens is 260 g/mol. The van der Waals surface area contributed by atoms with Gasteiger partial charge in [-0.25, -0.2) is 9.78 Å². The minimum Gasteiger partial charge on any atom is -0.476 e. The predicted octanol–water partition coefficient (Wildman–Crippen LogP) is 3.08. The summed E-state index contributed by atoms with van der Waals surface area (Å²) in [6.45, 7) is 4.12. The van der Waals surface area contributed by atoms with Gasteiger partial charge in [0, 0.05) is 5.75 Å². The zero-order chi connectivity index (χ0) is 13.8. The second kappa shape index (κ2) is 5.84. The number of hydrogen-bond acceptors (Lipinski definition) is 4. The van der Waals surface area contributed by atoms with Crippen LogP contribution in [0.3, 0.4) is 0 Å². The Balaban J connectivity index is 2.10. The number of carbonyl (C=O) groups is 1. The van der Waals surface area contributed by atoms with Crippen LogP contribution in [-0.2, 0) is 5.75 Å². The highest BCUT2D eigenvalue weighted by atomic mass is 32.2. The van der Waals surface area contributed by atoms with Crippen molar-refractivity contribution in [3.8, 4) is 0 Å². The van der Waals surface area contributed by atoms with Crippen molar-refractivity contribution in [1.29, 1.82) is 0 Å². The van der Waals surface area contributed by atoms with Gasteiger partial charge < -0.3 is 5.11 Å². The molecule has 0 bridgehead atoms. The van der Waals surface area contributed by atoms with Gasteiger partial charge in [0.15, 0.2) is 5.69 Å². The average molecular weight is 274 g/mol. The third kappa shape index (κ3) is 3.79. The molecule has 0 atom stereocenters. The Hall–Kier alpha value is -1.88. The molecule has 0 aliphatic rings. The number of thioether (sulfide) groups is 1. The van der Waals surface area contributed by atoms with E-state index >= 15 is 0 Å². The fourth-order valence-corrected chi connectivity index (χ4v) is 2.61. The van der Waals surface area contributed by atoms with Gasteiger partial charge in [0.2, 0.25) is 0 Å². The number of hydrogen-bond donors (Lipinski definition) is 1. The molecule has 0 saturated carbocycles. The molecule has 0 aliphatic heterocycles. The van der Waals surface area contributed by atoms with Gasteiger partial charge in [0.25, 0.3) is 0 Å². The van der Waals surface area contributed by atoms with Crippen LogP contribution in [0.15, 0.2) is 35.6 Å². The first kappa shape index (κ1) is 13.5. The van der Waals surface area contributed by atoms with E-state index in [1.807, 2.05) is 0 Å². The molecule has 2 aromatic rings. The summed E-state index contributed by atoms with van der Waals surface area (Å²) in [7, 11) is 0. The quantitative estimate of drug-likeness (QED) is 0.868. The van der Waals surface area contributed by atoms with Crippen LogP contribution in [0, 0.1) is 13.8 Å². The van der Waals surface area contributed by atoms with Gasteiger partial charge in [-0.05, 0) is 19.4 Å². The minimum absolute atomic E-state index is 0.0228. The fourth-order valence-electron chi connectivity index (χ4n) is 1.83. The van der Waals surface area contributed by atoms with Gasteiger partial charge in [0.1, 0.15) is 5.03 Å².